The van der Waals surface area contributed by atoms with Crippen LogP contribution in [0.2, 0.25) is 0 Å². The van der Waals surface area contributed by atoms with E-state index in [4.69, 9.17) is 0 Å². The lowest BCUT2D eigenvalue weighted by Crippen LogP contribution is -2.37. The van der Waals surface area contributed by atoms with Gasteiger partial charge in [-0.2, -0.15) is 0 Å². The summed E-state index contributed by atoms with van der Waals surface area (Å²) >= 11 is 2.83. The van der Waals surface area contributed by atoms with Gasteiger partial charge in [0, 0.05) is 18.0 Å². The van der Waals surface area contributed by atoms with Crippen molar-refractivity contribution in [3.05, 3.63) is 20.8 Å². The van der Waals surface area contributed by atoms with Crippen molar-refractivity contribution in [2.75, 3.05) is 5.75 Å². The Labute approximate surface area is 144 Å². The molecule has 0 radical (unpaired) electrons. The lowest BCUT2D eigenvalue weighted by molar-refractivity contribution is -0.119. The first-order valence-corrected chi connectivity index (χ1v) is 9.41. The van der Waals surface area contributed by atoms with Crippen molar-refractivity contribution in [2.45, 2.75) is 45.8 Å². The first-order valence-electron chi connectivity index (χ1n) is 7.61. The van der Waals surface area contributed by atoms with E-state index >= 15 is 0 Å². The van der Waals surface area contributed by atoms with Gasteiger partial charge < -0.3 is 5.32 Å². The first kappa shape index (κ1) is 18.0. The molecule has 0 saturated heterocycles. The molecule has 2 aromatic rings. The maximum Gasteiger partial charge on any atom is 0.262 e. The molecule has 1 N–H and O–H groups in total. The van der Waals surface area contributed by atoms with Gasteiger partial charge >= 0.3 is 0 Å². The molecule has 0 fully saturated rings. The van der Waals surface area contributed by atoms with Crippen molar-refractivity contribution in [2.24, 2.45) is 13.0 Å². The van der Waals surface area contributed by atoms with E-state index in [-0.39, 0.29) is 23.3 Å². The Hall–Kier alpha value is -1.34. The highest BCUT2D eigenvalue weighted by Crippen LogP contribution is 2.27. The van der Waals surface area contributed by atoms with E-state index < -0.39 is 0 Å². The summed E-state index contributed by atoms with van der Waals surface area (Å²) in [5.74, 6) is 0.607. The molecule has 23 heavy (non-hydrogen) atoms. The Bertz CT molecular complexity index is 793. The van der Waals surface area contributed by atoms with E-state index in [1.54, 1.807) is 7.05 Å². The van der Waals surface area contributed by atoms with Gasteiger partial charge in [-0.25, -0.2) is 4.98 Å². The lowest BCUT2D eigenvalue weighted by Gasteiger charge is -2.17. The smallest absolute Gasteiger partial charge is 0.262 e. The molecule has 0 aromatic carbocycles. The van der Waals surface area contributed by atoms with Crippen LogP contribution in [0.25, 0.3) is 10.2 Å². The molecule has 0 bridgehead atoms. The largest absolute Gasteiger partial charge is 0.353 e. The summed E-state index contributed by atoms with van der Waals surface area (Å²) in [4.78, 5) is 30.9. The maximum atomic E-state index is 12.5. The van der Waals surface area contributed by atoms with Gasteiger partial charge in [0.25, 0.3) is 5.56 Å². The fourth-order valence-corrected chi connectivity index (χ4v) is 3.93. The lowest BCUT2D eigenvalue weighted by atomic mass is 10.1. The van der Waals surface area contributed by atoms with Gasteiger partial charge in [0.15, 0.2) is 5.16 Å². The number of rotatable bonds is 5. The number of nitrogens with zero attached hydrogens (tertiary/aromatic N) is 2. The molecule has 126 valence electrons. The molecule has 2 rings (SSSR count). The Kier molecular flexibility index (Phi) is 5.52. The second kappa shape index (κ2) is 7.05. The number of amides is 1. The number of fused-ring (bicyclic) bond motifs is 1. The molecule has 1 atom stereocenters. The first-order chi connectivity index (χ1) is 10.7. The van der Waals surface area contributed by atoms with Gasteiger partial charge in [0.2, 0.25) is 5.91 Å². The molecule has 1 amide bonds. The minimum absolute atomic E-state index is 0.0379. The van der Waals surface area contributed by atoms with Crippen LogP contribution in [0, 0.1) is 19.8 Å². The quantitative estimate of drug-likeness (QED) is 0.663. The van der Waals surface area contributed by atoms with Crippen LogP contribution in [0.1, 0.15) is 31.2 Å². The maximum absolute atomic E-state index is 12.5. The zero-order chi connectivity index (χ0) is 17.3. The molecule has 5 nitrogen and oxygen atoms in total. The van der Waals surface area contributed by atoms with Crippen LogP contribution in [0.15, 0.2) is 9.95 Å². The van der Waals surface area contributed by atoms with Gasteiger partial charge in [-0.05, 0) is 32.3 Å². The summed E-state index contributed by atoms with van der Waals surface area (Å²) in [5, 5.41) is 4.23. The van der Waals surface area contributed by atoms with E-state index in [1.165, 1.54) is 27.7 Å². The van der Waals surface area contributed by atoms with Gasteiger partial charge in [-0.15, -0.1) is 11.3 Å². The summed E-state index contributed by atoms with van der Waals surface area (Å²) in [7, 11) is 1.71. The third kappa shape index (κ3) is 3.77. The molecule has 0 unspecified atom stereocenters. The molecule has 0 spiro atoms. The molecule has 7 heteroatoms. The van der Waals surface area contributed by atoms with Crippen LogP contribution >= 0.6 is 23.1 Å². The third-order valence-corrected chi connectivity index (χ3v) is 6.22. The molecule has 0 aliphatic heterocycles. The number of aromatic nitrogens is 2. The van der Waals surface area contributed by atoms with Crippen molar-refractivity contribution in [1.29, 1.82) is 0 Å². The Morgan fingerprint density at radius 1 is 1.35 bits per heavy atom. The van der Waals surface area contributed by atoms with Crippen molar-refractivity contribution in [1.82, 2.24) is 14.9 Å². The average molecular weight is 354 g/mol. The highest BCUT2D eigenvalue weighted by atomic mass is 32.2. The standard InChI is InChI=1S/C16H23N3O2S2/c1-8(2)10(4)17-12(20)7-22-16-18-14-13(15(21)19(16)6)9(3)11(5)23-14/h8,10H,7H2,1-6H3,(H,17,20)/t10-/m1/s1. The predicted octanol–water partition coefficient (Wildman–Crippen LogP) is 2.86. The normalized spacial score (nSPS) is 12.8. The molecule has 0 saturated carbocycles. The van der Waals surface area contributed by atoms with Crippen LogP contribution < -0.4 is 10.9 Å². The second-order valence-corrected chi connectivity index (χ2v) is 8.26. The number of hydrogen-bond donors (Lipinski definition) is 1. The number of thioether (sulfide) groups is 1. The van der Waals surface area contributed by atoms with Crippen LogP contribution in [0.3, 0.4) is 0 Å². The van der Waals surface area contributed by atoms with Crippen molar-refractivity contribution in [3.8, 4) is 0 Å². The van der Waals surface area contributed by atoms with Crippen LogP contribution in [0.4, 0.5) is 0 Å². The molecule has 2 heterocycles. The van der Waals surface area contributed by atoms with Crippen molar-refractivity contribution >= 4 is 39.2 Å². The summed E-state index contributed by atoms with van der Waals surface area (Å²) < 4.78 is 1.53. The number of nitrogens with one attached hydrogen (secondary N) is 1. The van der Waals surface area contributed by atoms with Gasteiger partial charge in [0.05, 0.1) is 11.1 Å². The minimum Gasteiger partial charge on any atom is -0.353 e. The minimum atomic E-state index is -0.0460. The van der Waals surface area contributed by atoms with Gasteiger partial charge in [-0.3, -0.25) is 14.2 Å². The topological polar surface area (TPSA) is 64.0 Å². The second-order valence-electron chi connectivity index (χ2n) is 6.11. The van der Waals surface area contributed by atoms with E-state index in [9.17, 15) is 9.59 Å². The van der Waals surface area contributed by atoms with Crippen LogP contribution in [-0.2, 0) is 11.8 Å². The van der Waals surface area contributed by atoms with E-state index in [2.05, 4.69) is 24.1 Å². The highest BCUT2D eigenvalue weighted by Gasteiger charge is 2.16. The molecule has 0 aliphatic rings. The Morgan fingerprint density at radius 2 is 2.00 bits per heavy atom. The third-order valence-electron chi connectivity index (χ3n) is 4.09. The summed E-state index contributed by atoms with van der Waals surface area (Å²) in [6.07, 6.45) is 0. The monoisotopic (exact) mass is 353 g/mol. The fourth-order valence-electron chi connectivity index (χ4n) is 2.08. The number of hydrogen-bond acceptors (Lipinski definition) is 5. The summed E-state index contributed by atoms with van der Waals surface area (Å²) in [5.41, 5.74) is 0.952. The zero-order valence-corrected chi connectivity index (χ0v) is 16.0. The van der Waals surface area contributed by atoms with E-state index in [1.807, 2.05) is 20.8 Å². The van der Waals surface area contributed by atoms with Crippen LogP contribution in [0.5, 0.6) is 0 Å². The number of carbonyl (C=O) groups is 1. The Morgan fingerprint density at radius 3 is 2.61 bits per heavy atom. The number of aryl methyl sites for hydroxylation is 2. The zero-order valence-electron chi connectivity index (χ0n) is 14.4. The van der Waals surface area contributed by atoms with E-state index in [0.717, 1.165) is 15.3 Å². The summed E-state index contributed by atoms with van der Waals surface area (Å²) in [6, 6.07) is 0.130. The number of carbonyl (C=O) groups excluding carboxylic acids is 1. The highest BCUT2D eigenvalue weighted by molar-refractivity contribution is 7.99. The average Bonchev–Trinajstić information content (AvgIpc) is 2.76. The molecular weight excluding hydrogens is 330 g/mol. The fraction of sp³-hybridized carbons (Fsp3) is 0.562. The Balaban J connectivity index is 2.20. The van der Waals surface area contributed by atoms with Gasteiger partial charge in [0.1, 0.15) is 4.83 Å². The molecule has 0 aliphatic carbocycles. The number of thiophene rings is 1. The molecule has 2 aromatic heterocycles. The van der Waals surface area contributed by atoms with E-state index in [0.29, 0.717) is 16.5 Å². The van der Waals surface area contributed by atoms with Crippen molar-refractivity contribution in [3.63, 3.8) is 0 Å². The molecular formula is C16H23N3O2S2. The predicted molar refractivity (Wildman–Crippen MR) is 97.5 cm³/mol. The SMILES string of the molecule is Cc1sc2nc(SCC(=O)N[C@H](C)C(C)C)n(C)c(=O)c2c1C. The van der Waals surface area contributed by atoms with Crippen molar-refractivity contribution < 1.29 is 4.79 Å². The summed E-state index contributed by atoms with van der Waals surface area (Å²) in [6.45, 7) is 10.1. The van der Waals surface area contributed by atoms with Gasteiger partial charge in [-0.1, -0.05) is 25.6 Å². The van der Waals surface area contributed by atoms with Crippen LogP contribution in [-0.4, -0.2) is 27.3 Å².